The molecule has 0 amide bonds. The van der Waals surface area contributed by atoms with Crippen molar-refractivity contribution in [1.82, 2.24) is 18.3 Å². The largest absolute Gasteiger partial charge is 0.386 e. The van der Waals surface area contributed by atoms with E-state index in [4.69, 9.17) is 0 Å². The number of aryl methyl sites for hydroxylation is 1. The third kappa shape index (κ3) is 1.97. The quantitative estimate of drug-likeness (QED) is 0.803. The van der Waals surface area contributed by atoms with Crippen molar-refractivity contribution in [1.29, 1.82) is 0 Å². The van der Waals surface area contributed by atoms with Crippen LogP contribution in [0.2, 0.25) is 0 Å². The number of aliphatic hydroxyl groups is 1. The van der Waals surface area contributed by atoms with Gasteiger partial charge in [-0.25, -0.2) is 4.98 Å². The van der Waals surface area contributed by atoms with Gasteiger partial charge in [0.15, 0.2) is 0 Å². The fourth-order valence-electron chi connectivity index (χ4n) is 1.18. The van der Waals surface area contributed by atoms with Crippen LogP contribution in [0.1, 0.15) is 17.5 Å². The van der Waals surface area contributed by atoms with Gasteiger partial charge < -0.3 is 9.67 Å². The van der Waals surface area contributed by atoms with E-state index in [2.05, 4.69) is 13.7 Å². The maximum Gasteiger partial charge on any atom is 0.103 e. The SMILES string of the molecule is Cn1cnc(C(O)Cc2cnsn2)c1. The van der Waals surface area contributed by atoms with Crippen LogP contribution in [0.4, 0.5) is 0 Å². The molecule has 6 heteroatoms. The molecule has 0 saturated heterocycles. The van der Waals surface area contributed by atoms with Crippen molar-refractivity contribution in [3.8, 4) is 0 Å². The molecular weight excluding hydrogens is 200 g/mol. The lowest BCUT2D eigenvalue weighted by Gasteiger charge is -2.03. The number of imidazole rings is 1. The van der Waals surface area contributed by atoms with Crippen LogP contribution >= 0.6 is 11.7 Å². The topological polar surface area (TPSA) is 63.8 Å². The summed E-state index contributed by atoms with van der Waals surface area (Å²) in [6, 6.07) is 0. The molecule has 14 heavy (non-hydrogen) atoms. The van der Waals surface area contributed by atoms with Crippen molar-refractivity contribution >= 4 is 11.7 Å². The summed E-state index contributed by atoms with van der Waals surface area (Å²) in [5.41, 5.74) is 1.47. The van der Waals surface area contributed by atoms with Crippen molar-refractivity contribution < 1.29 is 5.11 Å². The average Bonchev–Trinajstić information content (AvgIpc) is 2.75. The smallest absolute Gasteiger partial charge is 0.103 e. The molecule has 2 aromatic heterocycles. The zero-order valence-corrected chi connectivity index (χ0v) is 8.48. The average molecular weight is 210 g/mol. The van der Waals surface area contributed by atoms with E-state index in [0.29, 0.717) is 12.1 Å². The first-order valence-corrected chi connectivity index (χ1v) is 4.91. The lowest BCUT2D eigenvalue weighted by molar-refractivity contribution is 0.173. The van der Waals surface area contributed by atoms with Gasteiger partial charge >= 0.3 is 0 Å². The zero-order valence-electron chi connectivity index (χ0n) is 7.66. The van der Waals surface area contributed by atoms with Gasteiger partial charge in [0.1, 0.15) is 6.10 Å². The molecule has 0 bridgehead atoms. The molecule has 0 saturated carbocycles. The minimum absolute atomic E-state index is 0.466. The first kappa shape index (κ1) is 9.29. The monoisotopic (exact) mass is 210 g/mol. The Morgan fingerprint density at radius 1 is 1.64 bits per heavy atom. The molecule has 0 radical (unpaired) electrons. The summed E-state index contributed by atoms with van der Waals surface area (Å²) in [5, 5.41) is 9.77. The first-order valence-electron chi connectivity index (χ1n) is 4.18. The van der Waals surface area contributed by atoms with Crippen LogP contribution in [-0.4, -0.2) is 23.4 Å². The van der Waals surface area contributed by atoms with Gasteiger partial charge in [-0.05, 0) is 0 Å². The summed E-state index contributed by atoms with van der Waals surface area (Å²) in [6.45, 7) is 0. The molecule has 0 aliphatic carbocycles. The molecule has 2 heterocycles. The van der Waals surface area contributed by atoms with Crippen LogP contribution in [-0.2, 0) is 13.5 Å². The fraction of sp³-hybridized carbons (Fsp3) is 0.375. The van der Waals surface area contributed by atoms with Crippen LogP contribution in [0.3, 0.4) is 0 Å². The molecule has 0 aliphatic heterocycles. The molecule has 2 aromatic rings. The summed E-state index contributed by atoms with van der Waals surface area (Å²) in [4.78, 5) is 4.06. The molecule has 1 N–H and O–H groups in total. The number of rotatable bonds is 3. The van der Waals surface area contributed by atoms with Gasteiger partial charge in [-0.3, -0.25) is 0 Å². The second-order valence-corrected chi connectivity index (χ2v) is 3.64. The molecule has 74 valence electrons. The van der Waals surface area contributed by atoms with Gasteiger partial charge in [-0.2, -0.15) is 8.75 Å². The van der Waals surface area contributed by atoms with Gasteiger partial charge in [-0.15, -0.1) is 0 Å². The lowest BCUT2D eigenvalue weighted by atomic mass is 10.1. The molecule has 0 aliphatic rings. The van der Waals surface area contributed by atoms with E-state index in [9.17, 15) is 5.11 Å². The summed E-state index contributed by atoms with van der Waals surface area (Å²) >= 11 is 1.15. The Morgan fingerprint density at radius 3 is 3.07 bits per heavy atom. The van der Waals surface area contributed by atoms with Gasteiger partial charge in [0.2, 0.25) is 0 Å². The maximum atomic E-state index is 9.77. The Morgan fingerprint density at radius 2 is 2.50 bits per heavy atom. The minimum atomic E-state index is -0.597. The standard InChI is InChI=1S/C8H10N4OS/c1-12-4-7(9-5-12)8(13)2-6-3-10-14-11-6/h3-5,8,13H,2H2,1H3. The predicted octanol–water partition coefficient (Wildman–Crippen LogP) is 0.548. The molecule has 1 unspecified atom stereocenters. The van der Waals surface area contributed by atoms with E-state index >= 15 is 0 Å². The van der Waals surface area contributed by atoms with E-state index in [1.54, 1.807) is 23.3 Å². The minimum Gasteiger partial charge on any atom is -0.386 e. The van der Waals surface area contributed by atoms with Crippen molar-refractivity contribution in [3.05, 3.63) is 30.1 Å². The highest BCUT2D eigenvalue weighted by atomic mass is 32.1. The second kappa shape index (κ2) is 3.85. The Bertz CT molecular complexity index is 397. The van der Waals surface area contributed by atoms with Crippen molar-refractivity contribution in [2.75, 3.05) is 0 Å². The number of nitrogens with zero attached hydrogens (tertiary/aromatic N) is 4. The lowest BCUT2D eigenvalue weighted by Crippen LogP contribution is -2.02. The Hall–Kier alpha value is -1.27. The maximum absolute atomic E-state index is 9.77. The number of hydrogen-bond acceptors (Lipinski definition) is 5. The van der Waals surface area contributed by atoms with E-state index < -0.39 is 6.10 Å². The molecule has 1 atom stereocenters. The summed E-state index contributed by atoms with van der Waals surface area (Å²) in [6.07, 6.45) is 4.99. The Balaban J connectivity index is 2.06. The van der Waals surface area contributed by atoms with Gasteiger partial charge in [-0.1, -0.05) is 0 Å². The van der Waals surface area contributed by atoms with Crippen molar-refractivity contribution in [3.63, 3.8) is 0 Å². The van der Waals surface area contributed by atoms with Crippen LogP contribution in [0.25, 0.3) is 0 Å². The fourth-order valence-corrected chi connectivity index (χ4v) is 1.62. The third-order valence-corrected chi connectivity index (χ3v) is 2.39. The van der Waals surface area contributed by atoms with E-state index in [1.165, 1.54) is 0 Å². The van der Waals surface area contributed by atoms with Crippen molar-refractivity contribution in [2.24, 2.45) is 7.05 Å². The molecule has 2 rings (SSSR count). The van der Waals surface area contributed by atoms with E-state index in [-0.39, 0.29) is 0 Å². The van der Waals surface area contributed by atoms with Gasteiger partial charge in [0.05, 0.1) is 35.6 Å². The molecule has 0 spiro atoms. The highest BCUT2D eigenvalue weighted by Gasteiger charge is 2.12. The number of aliphatic hydroxyl groups excluding tert-OH is 1. The van der Waals surface area contributed by atoms with E-state index in [0.717, 1.165) is 17.4 Å². The van der Waals surface area contributed by atoms with Gasteiger partial charge in [0, 0.05) is 19.7 Å². The first-order chi connectivity index (χ1) is 6.75. The molecule has 0 fully saturated rings. The molecule has 5 nitrogen and oxygen atoms in total. The van der Waals surface area contributed by atoms with Crippen LogP contribution in [0.15, 0.2) is 18.7 Å². The third-order valence-electron chi connectivity index (χ3n) is 1.88. The van der Waals surface area contributed by atoms with E-state index in [1.807, 2.05) is 7.05 Å². The van der Waals surface area contributed by atoms with Crippen LogP contribution in [0, 0.1) is 0 Å². The Labute approximate surface area is 85.4 Å². The van der Waals surface area contributed by atoms with Crippen LogP contribution < -0.4 is 0 Å². The predicted molar refractivity (Wildman–Crippen MR) is 51.8 cm³/mol. The summed E-state index contributed by atoms with van der Waals surface area (Å²) in [5.74, 6) is 0. The van der Waals surface area contributed by atoms with Crippen molar-refractivity contribution in [2.45, 2.75) is 12.5 Å². The summed E-state index contributed by atoms with van der Waals surface area (Å²) in [7, 11) is 1.87. The summed E-state index contributed by atoms with van der Waals surface area (Å²) < 4.78 is 9.70. The molecular formula is C8H10N4OS. The number of aromatic nitrogens is 4. The highest BCUT2D eigenvalue weighted by Crippen LogP contribution is 2.14. The highest BCUT2D eigenvalue weighted by molar-refractivity contribution is 6.99. The Kier molecular flexibility index (Phi) is 2.55. The van der Waals surface area contributed by atoms with Gasteiger partial charge in [0.25, 0.3) is 0 Å². The van der Waals surface area contributed by atoms with Crippen LogP contribution in [0.5, 0.6) is 0 Å². The number of hydrogen-bond donors (Lipinski definition) is 1. The zero-order chi connectivity index (χ0) is 9.97. The normalized spacial score (nSPS) is 13.0. The molecule has 0 aromatic carbocycles. The second-order valence-electron chi connectivity index (χ2n) is 3.08.